The molecule has 0 saturated heterocycles. The van der Waals surface area contributed by atoms with Crippen molar-refractivity contribution < 1.29 is 14.7 Å². The fraction of sp³-hybridized carbons (Fsp3) is 0.176. The minimum absolute atomic E-state index is 0.102. The molecular formula is C17H15BrN2O3. The van der Waals surface area contributed by atoms with Gasteiger partial charge in [-0.05, 0) is 48.4 Å². The normalized spacial score (nSPS) is 12.9. The molecule has 1 aliphatic rings. The van der Waals surface area contributed by atoms with Gasteiger partial charge in [0.1, 0.15) is 5.75 Å². The van der Waals surface area contributed by atoms with E-state index in [9.17, 15) is 14.7 Å². The smallest absolute Gasteiger partial charge is 0.262 e. The maximum Gasteiger partial charge on any atom is 0.262 e. The molecule has 0 radical (unpaired) electrons. The Labute approximate surface area is 142 Å². The highest BCUT2D eigenvalue weighted by Crippen LogP contribution is 2.33. The fourth-order valence-electron chi connectivity index (χ4n) is 2.72. The van der Waals surface area contributed by atoms with Crippen molar-refractivity contribution >= 4 is 39.1 Å². The van der Waals surface area contributed by atoms with Crippen LogP contribution in [0.15, 0.2) is 40.9 Å². The number of carbonyl (C=O) groups excluding carboxylic acids is 2. The molecule has 0 saturated carbocycles. The molecule has 1 heterocycles. The second-order valence-electron chi connectivity index (χ2n) is 5.39. The summed E-state index contributed by atoms with van der Waals surface area (Å²) in [7, 11) is 0. The first-order valence-corrected chi connectivity index (χ1v) is 7.96. The number of hydrogen-bond donors (Lipinski definition) is 2. The van der Waals surface area contributed by atoms with Crippen molar-refractivity contribution in [3.05, 3.63) is 52.0 Å². The molecule has 0 aromatic heterocycles. The van der Waals surface area contributed by atoms with Crippen molar-refractivity contribution in [3.63, 3.8) is 0 Å². The van der Waals surface area contributed by atoms with Crippen LogP contribution < -0.4 is 10.2 Å². The van der Waals surface area contributed by atoms with E-state index in [2.05, 4.69) is 21.2 Å². The lowest BCUT2D eigenvalue weighted by Gasteiger charge is -2.18. The van der Waals surface area contributed by atoms with Gasteiger partial charge >= 0.3 is 0 Å². The van der Waals surface area contributed by atoms with E-state index < -0.39 is 0 Å². The number of benzene rings is 2. The zero-order chi connectivity index (χ0) is 16.6. The Kier molecular flexibility index (Phi) is 4.09. The van der Waals surface area contributed by atoms with Crippen LogP contribution in [-0.2, 0) is 11.2 Å². The van der Waals surface area contributed by atoms with Gasteiger partial charge < -0.3 is 15.3 Å². The maximum atomic E-state index is 12.8. The van der Waals surface area contributed by atoms with Crippen molar-refractivity contribution in [3.8, 4) is 5.75 Å². The number of aromatic hydroxyl groups is 1. The standard InChI is InChI=1S/C17H15BrN2O3/c1-10(21)19-13-3-5-16(22)14(9-13)17(23)20-7-6-11-8-12(18)2-4-15(11)20/h2-5,8-9,22H,6-7H2,1H3,(H,19,21). The number of hydrogen-bond acceptors (Lipinski definition) is 3. The van der Waals surface area contributed by atoms with Gasteiger partial charge in [-0.2, -0.15) is 0 Å². The first-order valence-electron chi connectivity index (χ1n) is 7.16. The van der Waals surface area contributed by atoms with Gasteiger partial charge in [0.2, 0.25) is 5.91 Å². The molecule has 6 heteroatoms. The highest BCUT2D eigenvalue weighted by molar-refractivity contribution is 9.10. The average Bonchev–Trinajstić information content (AvgIpc) is 2.91. The Morgan fingerprint density at radius 2 is 2.00 bits per heavy atom. The van der Waals surface area contributed by atoms with Crippen LogP contribution in [0.3, 0.4) is 0 Å². The number of phenols is 1. The number of nitrogens with one attached hydrogen (secondary N) is 1. The zero-order valence-electron chi connectivity index (χ0n) is 12.5. The van der Waals surface area contributed by atoms with Crippen LogP contribution in [0.1, 0.15) is 22.8 Å². The summed E-state index contributed by atoms with van der Waals surface area (Å²) in [5.41, 5.74) is 2.59. The Hall–Kier alpha value is -2.34. The Bertz CT molecular complexity index is 804. The summed E-state index contributed by atoms with van der Waals surface area (Å²) < 4.78 is 0.973. The summed E-state index contributed by atoms with van der Waals surface area (Å²) in [6.45, 7) is 1.96. The monoisotopic (exact) mass is 374 g/mol. The summed E-state index contributed by atoms with van der Waals surface area (Å²) in [5.74, 6) is -0.615. The van der Waals surface area contributed by atoms with E-state index in [0.717, 1.165) is 22.1 Å². The van der Waals surface area contributed by atoms with E-state index in [1.165, 1.54) is 19.1 Å². The number of fused-ring (bicyclic) bond motifs is 1. The summed E-state index contributed by atoms with van der Waals surface area (Å²) in [6, 6.07) is 10.2. The SMILES string of the molecule is CC(=O)Nc1ccc(O)c(C(=O)N2CCc3cc(Br)ccc32)c1. The molecule has 5 nitrogen and oxygen atoms in total. The van der Waals surface area contributed by atoms with E-state index in [4.69, 9.17) is 0 Å². The number of anilines is 2. The van der Waals surface area contributed by atoms with Gasteiger partial charge in [0.25, 0.3) is 5.91 Å². The first kappa shape index (κ1) is 15.6. The Balaban J connectivity index is 1.94. The van der Waals surface area contributed by atoms with Crippen molar-refractivity contribution in [1.29, 1.82) is 0 Å². The molecule has 2 aromatic carbocycles. The van der Waals surface area contributed by atoms with Crippen molar-refractivity contribution in [2.75, 3.05) is 16.8 Å². The van der Waals surface area contributed by atoms with Crippen LogP contribution in [0.25, 0.3) is 0 Å². The molecule has 0 unspecified atom stereocenters. The molecule has 0 spiro atoms. The maximum absolute atomic E-state index is 12.8. The van der Waals surface area contributed by atoms with Gasteiger partial charge in [0, 0.05) is 29.3 Å². The second-order valence-corrected chi connectivity index (χ2v) is 6.31. The van der Waals surface area contributed by atoms with Gasteiger partial charge in [0.05, 0.1) is 5.56 Å². The van der Waals surface area contributed by atoms with E-state index in [0.29, 0.717) is 12.2 Å². The third-order valence-electron chi connectivity index (χ3n) is 3.73. The summed E-state index contributed by atoms with van der Waals surface area (Å²) in [5, 5.41) is 12.6. The van der Waals surface area contributed by atoms with E-state index in [1.807, 2.05) is 18.2 Å². The lowest BCUT2D eigenvalue weighted by molar-refractivity contribution is -0.114. The number of nitrogens with zero attached hydrogens (tertiary/aromatic N) is 1. The van der Waals surface area contributed by atoms with Crippen LogP contribution >= 0.6 is 15.9 Å². The number of rotatable bonds is 2. The van der Waals surface area contributed by atoms with E-state index in [-0.39, 0.29) is 23.1 Å². The lowest BCUT2D eigenvalue weighted by atomic mass is 10.1. The molecule has 2 aromatic rings. The lowest BCUT2D eigenvalue weighted by Crippen LogP contribution is -2.29. The third kappa shape index (κ3) is 3.07. The molecule has 2 amide bonds. The third-order valence-corrected chi connectivity index (χ3v) is 4.22. The predicted molar refractivity (Wildman–Crippen MR) is 91.9 cm³/mol. The van der Waals surface area contributed by atoms with E-state index in [1.54, 1.807) is 11.0 Å². The molecule has 0 aliphatic carbocycles. The highest BCUT2D eigenvalue weighted by atomic mass is 79.9. The quantitative estimate of drug-likeness (QED) is 0.792. The van der Waals surface area contributed by atoms with Gasteiger partial charge in [-0.15, -0.1) is 0 Å². The molecule has 0 fully saturated rings. The topological polar surface area (TPSA) is 69.6 Å². The summed E-state index contributed by atoms with van der Waals surface area (Å²) in [4.78, 5) is 25.6. The minimum Gasteiger partial charge on any atom is -0.507 e. The van der Waals surface area contributed by atoms with E-state index >= 15 is 0 Å². The number of halogens is 1. The zero-order valence-corrected chi connectivity index (χ0v) is 14.1. The minimum atomic E-state index is -0.282. The summed E-state index contributed by atoms with van der Waals surface area (Å²) >= 11 is 3.43. The molecule has 2 N–H and O–H groups in total. The largest absolute Gasteiger partial charge is 0.507 e. The number of phenolic OH excluding ortho intramolecular Hbond substituents is 1. The molecule has 23 heavy (non-hydrogen) atoms. The predicted octanol–water partition coefficient (Wildman–Crippen LogP) is 3.32. The molecule has 118 valence electrons. The van der Waals surface area contributed by atoms with Gasteiger partial charge in [-0.3, -0.25) is 9.59 Å². The number of amides is 2. The number of carbonyl (C=O) groups is 2. The van der Waals surface area contributed by atoms with Gasteiger partial charge in [-0.1, -0.05) is 15.9 Å². The Morgan fingerprint density at radius 3 is 2.74 bits per heavy atom. The molecular weight excluding hydrogens is 360 g/mol. The van der Waals surface area contributed by atoms with Gasteiger partial charge in [0.15, 0.2) is 0 Å². The first-order chi connectivity index (χ1) is 11.0. The van der Waals surface area contributed by atoms with Crippen LogP contribution in [-0.4, -0.2) is 23.5 Å². The molecule has 0 atom stereocenters. The average molecular weight is 375 g/mol. The molecule has 3 rings (SSSR count). The van der Waals surface area contributed by atoms with Crippen molar-refractivity contribution in [1.82, 2.24) is 0 Å². The van der Waals surface area contributed by atoms with Crippen molar-refractivity contribution in [2.24, 2.45) is 0 Å². The van der Waals surface area contributed by atoms with Crippen LogP contribution in [0.2, 0.25) is 0 Å². The molecule has 1 aliphatic heterocycles. The van der Waals surface area contributed by atoms with Gasteiger partial charge in [-0.25, -0.2) is 0 Å². The fourth-order valence-corrected chi connectivity index (χ4v) is 3.12. The van der Waals surface area contributed by atoms with Crippen LogP contribution in [0.4, 0.5) is 11.4 Å². The highest BCUT2D eigenvalue weighted by Gasteiger charge is 2.27. The molecule has 0 bridgehead atoms. The summed E-state index contributed by atoms with van der Waals surface area (Å²) in [6.07, 6.45) is 0.770. The van der Waals surface area contributed by atoms with Crippen LogP contribution in [0.5, 0.6) is 5.75 Å². The van der Waals surface area contributed by atoms with Crippen LogP contribution in [0, 0.1) is 0 Å². The Morgan fingerprint density at radius 1 is 1.22 bits per heavy atom. The second kappa shape index (κ2) is 6.04. The van der Waals surface area contributed by atoms with Crippen molar-refractivity contribution in [2.45, 2.75) is 13.3 Å².